The van der Waals surface area contributed by atoms with Crippen LogP contribution in [0.25, 0.3) is 10.1 Å². The van der Waals surface area contributed by atoms with Crippen molar-refractivity contribution in [2.75, 3.05) is 0 Å². The first-order valence-corrected chi connectivity index (χ1v) is 5.31. The number of hydrogen-bond acceptors (Lipinski definition) is 1. The molecule has 0 bridgehead atoms. The molecule has 2 rings (SSSR count). The van der Waals surface area contributed by atoms with E-state index in [2.05, 4.69) is 0 Å². The van der Waals surface area contributed by atoms with E-state index < -0.39 is 23.5 Å². The zero-order valence-corrected chi connectivity index (χ0v) is 8.88. The predicted octanol–water partition coefficient (Wildman–Crippen LogP) is 3.97. The number of halogens is 6. The lowest BCUT2D eigenvalue weighted by Gasteiger charge is -2.15. The SMILES string of the molecule is F[B-](F)(F)c1cccc2sc(C(F)(F)F)cc12. The van der Waals surface area contributed by atoms with E-state index in [1.807, 2.05) is 0 Å². The zero-order chi connectivity index (χ0) is 12.8. The van der Waals surface area contributed by atoms with Gasteiger partial charge < -0.3 is 12.9 Å². The van der Waals surface area contributed by atoms with Crippen molar-refractivity contribution < 1.29 is 26.1 Å². The molecule has 0 nitrogen and oxygen atoms in total. The first-order valence-electron chi connectivity index (χ1n) is 4.49. The van der Waals surface area contributed by atoms with E-state index in [1.54, 1.807) is 0 Å². The van der Waals surface area contributed by atoms with Crippen LogP contribution in [0.15, 0.2) is 24.3 Å². The summed E-state index contributed by atoms with van der Waals surface area (Å²) in [4.78, 5) is -1.01. The molecule has 1 heterocycles. The van der Waals surface area contributed by atoms with Crippen LogP contribution in [0, 0.1) is 0 Å². The van der Waals surface area contributed by atoms with E-state index in [9.17, 15) is 26.1 Å². The summed E-state index contributed by atoms with van der Waals surface area (Å²) < 4.78 is 75.0. The second-order valence-corrected chi connectivity index (χ2v) is 4.53. The summed E-state index contributed by atoms with van der Waals surface area (Å²) in [7, 11) is 0. The highest BCUT2D eigenvalue weighted by Gasteiger charge is 2.34. The Hall–Kier alpha value is -1.18. The van der Waals surface area contributed by atoms with Crippen molar-refractivity contribution in [2.45, 2.75) is 6.18 Å². The van der Waals surface area contributed by atoms with Gasteiger partial charge in [-0.15, -0.1) is 11.3 Å². The fraction of sp³-hybridized carbons (Fsp3) is 0.111. The molecule has 0 aliphatic carbocycles. The number of benzene rings is 1. The van der Waals surface area contributed by atoms with Gasteiger partial charge in [-0.2, -0.15) is 13.2 Å². The number of thiophene rings is 1. The first-order chi connectivity index (χ1) is 7.69. The van der Waals surface area contributed by atoms with Gasteiger partial charge in [0, 0.05) is 4.70 Å². The summed E-state index contributed by atoms with van der Waals surface area (Å²) in [5.74, 6) is 0. The van der Waals surface area contributed by atoms with Gasteiger partial charge in [-0.1, -0.05) is 17.6 Å². The fourth-order valence-electron chi connectivity index (χ4n) is 1.51. The Morgan fingerprint density at radius 1 is 1.06 bits per heavy atom. The molecule has 0 saturated heterocycles. The van der Waals surface area contributed by atoms with Crippen molar-refractivity contribution in [1.82, 2.24) is 0 Å². The Bertz CT molecular complexity index is 553. The van der Waals surface area contributed by atoms with Crippen molar-refractivity contribution in [3.05, 3.63) is 29.1 Å². The lowest BCUT2D eigenvalue weighted by atomic mass is 9.78. The highest BCUT2D eigenvalue weighted by atomic mass is 32.1. The molecule has 0 amide bonds. The van der Waals surface area contributed by atoms with Crippen molar-refractivity contribution in [3.63, 3.8) is 0 Å². The molecule has 0 spiro atoms. The van der Waals surface area contributed by atoms with Gasteiger partial charge in [-0.3, -0.25) is 0 Å². The van der Waals surface area contributed by atoms with Crippen LogP contribution in [-0.4, -0.2) is 6.98 Å². The maximum Gasteiger partial charge on any atom is 0.510 e. The first kappa shape index (κ1) is 12.3. The molecule has 0 N–H and O–H groups in total. The number of rotatable bonds is 1. The molecule has 0 radical (unpaired) electrons. The minimum Gasteiger partial charge on any atom is -0.445 e. The molecule has 1 aromatic heterocycles. The molecular formula is C9H4BF6S-. The van der Waals surface area contributed by atoms with Gasteiger partial charge in [0.1, 0.15) is 4.88 Å². The molecule has 0 fully saturated rings. The monoisotopic (exact) mass is 269 g/mol. The van der Waals surface area contributed by atoms with E-state index in [0.29, 0.717) is 17.4 Å². The maximum absolute atomic E-state index is 12.6. The fourth-order valence-corrected chi connectivity index (χ4v) is 2.47. The average Bonchev–Trinajstić information content (AvgIpc) is 2.57. The maximum atomic E-state index is 12.6. The van der Waals surface area contributed by atoms with Crippen LogP contribution in [-0.2, 0) is 6.18 Å². The molecular weight excluding hydrogens is 265 g/mol. The van der Waals surface area contributed by atoms with Crippen molar-refractivity contribution >= 4 is 33.9 Å². The van der Waals surface area contributed by atoms with Crippen LogP contribution in [0.4, 0.5) is 26.1 Å². The Morgan fingerprint density at radius 3 is 2.24 bits per heavy atom. The molecule has 0 saturated carbocycles. The van der Waals surface area contributed by atoms with E-state index in [0.717, 1.165) is 12.1 Å². The third kappa shape index (κ3) is 2.26. The molecule has 92 valence electrons. The Morgan fingerprint density at radius 2 is 1.71 bits per heavy atom. The lowest BCUT2D eigenvalue weighted by Crippen LogP contribution is -2.34. The van der Waals surface area contributed by atoms with Gasteiger partial charge in [-0.05, 0) is 17.5 Å². The zero-order valence-electron chi connectivity index (χ0n) is 8.06. The van der Waals surface area contributed by atoms with Gasteiger partial charge in [0.05, 0.1) is 0 Å². The van der Waals surface area contributed by atoms with Crippen LogP contribution < -0.4 is 5.46 Å². The third-order valence-corrected chi connectivity index (χ3v) is 3.37. The van der Waals surface area contributed by atoms with Crippen molar-refractivity contribution in [1.29, 1.82) is 0 Å². The minimum absolute atomic E-state index is 0.00553. The summed E-state index contributed by atoms with van der Waals surface area (Å²) in [5, 5.41) is -0.377. The molecule has 0 aliphatic rings. The summed E-state index contributed by atoms with van der Waals surface area (Å²) in [5.41, 5.74) is -0.978. The van der Waals surface area contributed by atoms with Crippen LogP contribution in [0.1, 0.15) is 4.88 Å². The molecule has 0 atom stereocenters. The summed E-state index contributed by atoms with van der Waals surface area (Å²) in [6.07, 6.45) is -4.61. The highest BCUT2D eigenvalue weighted by molar-refractivity contribution is 7.19. The van der Waals surface area contributed by atoms with Crippen LogP contribution in [0.3, 0.4) is 0 Å². The second-order valence-electron chi connectivity index (χ2n) is 3.44. The number of hydrogen-bond donors (Lipinski definition) is 0. The lowest BCUT2D eigenvalue weighted by molar-refractivity contribution is -0.134. The second kappa shape index (κ2) is 3.66. The van der Waals surface area contributed by atoms with E-state index >= 15 is 0 Å². The van der Waals surface area contributed by atoms with E-state index in [-0.39, 0.29) is 10.1 Å². The number of fused-ring (bicyclic) bond motifs is 1. The smallest absolute Gasteiger partial charge is 0.445 e. The van der Waals surface area contributed by atoms with Gasteiger partial charge in [0.25, 0.3) is 0 Å². The predicted molar refractivity (Wildman–Crippen MR) is 55.5 cm³/mol. The molecule has 0 unspecified atom stereocenters. The molecule has 0 aliphatic heterocycles. The molecule has 2 aromatic rings. The summed E-state index contributed by atoms with van der Waals surface area (Å²) in [6, 6.07) is 3.73. The standard InChI is InChI=1S/C9H4BF6S/c11-9(12,13)8-4-5-6(10(14,15)16)2-1-3-7(5)17-8/h1-4H/q-1. The largest absolute Gasteiger partial charge is 0.510 e. The van der Waals surface area contributed by atoms with Gasteiger partial charge in [0.2, 0.25) is 0 Å². The van der Waals surface area contributed by atoms with Gasteiger partial charge in [-0.25, -0.2) is 0 Å². The van der Waals surface area contributed by atoms with E-state index in [4.69, 9.17) is 0 Å². The average molecular weight is 269 g/mol. The Kier molecular flexibility index (Phi) is 2.64. The Balaban J connectivity index is 2.70. The molecule has 8 heteroatoms. The number of alkyl halides is 3. The molecule has 17 heavy (non-hydrogen) atoms. The molecule has 1 aromatic carbocycles. The van der Waals surface area contributed by atoms with Crippen molar-refractivity contribution in [2.24, 2.45) is 0 Å². The van der Waals surface area contributed by atoms with Gasteiger partial charge in [0.15, 0.2) is 0 Å². The normalized spacial score (nSPS) is 13.3. The topological polar surface area (TPSA) is 0 Å². The minimum atomic E-state index is -5.30. The van der Waals surface area contributed by atoms with Gasteiger partial charge >= 0.3 is 13.2 Å². The van der Waals surface area contributed by atoms with Crippen molar-refractivity contribution in [3.8, 4) is 0 Å². The van der Waals surface area contributed by atoms with Crippen LogP contribution >= 0.6 is 11.3 Å². The highest BCUT2D eigenvalue weighted by Crippen LogP contribution is 2.38. The summed E-state index contributed by atoms with van der Waals surface area (Å²) >= 11 is 0.319. The quantitative estimate of drug-likeness (QED) is 0.542. The van der Waals surface area contributed by atoms with E-state index in [1.165, 1.54) is 6.07 Å². The Labute approximate surface area is 95.9 Å². The van der Waals surface area contributed by atoms with Crippen LogP contribution in [0.2, 0.25) is 0 Å². The summed E-state index contributed by atoms with van der Waals surface area (Å²) in [6.45, 7) is -5.30. The van der Waals surface area contributed by atoms with Crippen LogP contribution in [0.5, 0.6) is 0 Å². The third-order valence-electron chi connectivity index (χ3n) is 2.23.